The van der Waals surface area contributed by atoms with E-state index in [9.17, 15) is 12.8 Å². The second-order valence-electron chi connectivity index (χ2n) is 5.33. The molecule has 19 heavy (non-hydrogen) atoms. The van der Waals surface area contributed by atoms with E-state index in [0.717, 1.165) is 25.3 Å². The second kappa shape index (κ2) is 4.76. The van der Waals surface area contributed by atoms with Crippen molar-refractivity contribution in [2.45, 2.75) is 38.0 Å². The fraction of sp³-hybridized carbons (Fsp3) is 0.538. The molecule has 1 saturated carbocycles. The number of hydrogen-bond donors (Lipinski definition) is 2. The first-order chi connectivity index (χ1) is 8.80. The Balaban J connectivity index is 2.25. The Kier molecular flexibility index (Phi) is 3.57. The molecule has 0 heterocycles. The van der Waals surface area contributed by atoms with Crippen molar-refractivity contribution in [3.63, 3.8) is 0 Å². The van der Waals surface area contributed by atoms with Crippen molar-refractivity contribution < 1.29 is 12.8 Å². The Morgan fingerprint density at radius 1 is 1.42 bits per heavy atom. The summed E-state index contributed by atoms with van der Waals surface area (Å²) < 4.78 is 40.7. The summed E-state index contributed by atoms with van der Waals surface area (Å²) in [5.74, 6) is -0.733. The summed E-state index contributed by atoms with van der Waals surface area (Å²) >= 11 is 0. The lowest BCUT2D eigenvalue weighted by Crippen LogP contribution is -2.30. The van der Waals surface area contributed by atoms with Gasteiger partial charge in [-0.2, -0.15) is 0 Å². The maximum Gasteiger partial charge on any atom is 0.243 e. The van der Waals surface area contributed by atoms with Gasteiger partial charge in [0.15, 0.2) is 0 Å². The summed E-state index contributed by atoms with van der Waals surface area (Å²) in [6.07, 6.45) is 2.96. The van der Waals surface area contributed by atoms with Crippen LogP contribution in [-0.4, -0.2) is 15.0 Å². The van der Waals surface area contributed by atoms with Crippen LogP contribution < -0.4 is 10.5 Å². The quantitative estimate of drug-likeness (QED) is 0.815. The molecular formula is C13H19FN2O2S. The Morgan fingerprint density at radius 3 is 2.58 bits per heavy atom. The molecule has 3 N–H and O–H groups in total. The summed E-state index contributed by atoms with van der Waals surface area (Å²) in [5.41, 5.74) is 6.13. The molecule has 0 unspecified atom stereocenters. The largest absolute Gasteiger partial charge is 0.399 e. The molecule has 2 rings (SSSR count). The normalized spacial score (nSPS) is 17.4. The standard InChI is InChI=1S/C13H19FN2O2S/c1-3-13(4-5-13)8-16-19(17,18)11-7-10(15)6-9(2)12(11)14/h6-7,16H,3-5,8,15H2,1-2H3. The van der Waals surface area contributed by atoms with Crippen LogP contribution in [0.3, 0.4) is 0 Å². The monoisotopic (exact) mass is 286 g/mol. The van der Waals surface area contributed by atoms with Crippen LogP contribution >= 0.6 is 0 Å². The first kappa shape index (κ1) is 14.3. The van der Waals surface area contributed by atoms with Crippen LogP contribution in [0.5, 0.6) is 0 Å². The molecule has 1 aliphatic carbocycles. The topological polar surface area (TPSA) is 72.2 Å². The minimum absolute atomic E-state index is 0.0684. The number of hydrogen-bond acceptors (Lipinski definition) is 3. The average molecular weight is 286 g/mol. The van der Waals surface area contributed by atoms with Crippen LogP contribution in [0, 0.1) is 18.2 Å². The lowest BCUT2D eigenvalue weighted by molar-refractivity contribution is 0.473. The number of nitrogens with one attached hydrogen (secondary N) is 1. The first-order valence-corrected chi connectivity index (χ1v) is 7.83. The van der Waals surface area contributed by atoms with Gasteiger partial charge in [-0.15, -0.1) is 0 Å². The van der Waals surface area contributed by atoms with Crippen LogP contribution in [-0.2, 0) is 10.0 Å². The zero-order valence-corrected chi connectivity index (χ0v) is 12.0. The summed E-state index contributed by atoms with van der Waals surface area (Å²) in [5, 5.41) is 0. The van der Waals surface area contributed by atoms with Gasteiger partial charge < -0.3 is 5.73 Å². The highest BCUT2D eigenvalue weighted by atomic mass is 32.2. The van der Waals surface area contributed by atoms with Gasteiger partial charge in [0.05, 0.1) is 0 Å². The first-order valence-electron chi connectivity index (χ1n) is 6.35. The lowest BCUT2D eigenvalue weighted by atomic mass is 10.1. The highest BCUT2D eigenvalue weighted by molar-refractivity contribution is 7.89. The van der Waals surface area contributed by atoms with Crippen molar-refractivity contribution in [2.75, 3.05) is 12.3 Å². The van der Waals surface area contributed by atoms with E-state index in [-0.39, 0.29) is 21.6 Å². The minimum Gasteiger partial charge on any atom is -0.399 e. The molecule has 0 aromatic heterocycles. The maximum absolute atomic E-state index is 13.9. The Bertz CT molecular complexity index is 595. The molecule has 0 atom stereocenters. The van der Waals surface area contributed by atoms with Crippen molar-refractivity contribution in [1.82, 2.24) is 4.72 Å². The van der Waals surface area contributed by atoms with Gasteiger partial charge in [0.2, 0.25) is 10.0 Å². The van der Waals surface area contributed by atoms with E-state index in [1.54, 1.807) is 0 Å². The predicted octanol–water partition coefficient (Wildman–Crippen LogP) is 2.18. The highest BCUT2D eigenvalue weighted by Gasteiger charge is 2.41. The van der Waals surface area contributed by atoms with Crippen LogP contribution in [0.15, 0.2) is 17.0 Å². The molecule has 0 radical (unpaired) electrons. The van der Waals surface area contributed by atoms with Gasteiger partial charge in [-0.25, -0.2) is 17.5 Å². The summed E-state index contributed by atoms with van der Waals surface area (Å²) in [7, 11) is -3.84. The molecule has 0 bridgehead atoms. The lowest BCUT2D eigenvalue weighted by Gasteiger charge is -2.15. The van der Waals surface area contributed by atoms with E-state index >= 15 is 0 Å². The van der Waals surface area contributed by atoms with E-state index in [1.807, 2.05) is 6.92 Å². The van der Waals surface area contributed by atoms with E-state index in [1.165, 1.54) is 13.0 Å². The third kappa shape index (κ3) is 2.90. The predicted molar refractivity (Wildman–Crippen MR) is 72.7 cm³/mol. The van der Waals surface area contributed by atoms with Gasteiger partial charge in [0.1, 0.15) is 10.7 Å². The number of aryl methyl sites for hydroxylation is 1. The Labute approximate surface area is 113 Å². The molecule has 1 fully saturated rings. The average Bonchev–Trinajstić information content (AvgIpc) is 3.12. The molecule has 1 aromatic carbocycles. The molecule has 0 spiro atoms. The highest BCUT2D eigenvalue weighted by Crippen LogP contribution is 2.48. The third-order valence-electron chi connectivity index (χ3n) is 3.88. The number of benzene rings is 1. The second-order valence-corrected chi connectivity index (χ2v) is 7.06. The number of anilines is 1. The fourth-order valence-electron chi connectivity index (χ4n) is 2.12. The minimum atomic E-state index is -3.84. The van der Waals surface area contributed by atoms with Crippen LogP contribution in [0.4, 0.5) is 10.1 Å². The smallest absolute Gasteiger partial charge is 0.243 e. The van der Waals surface area contributed by atoms with E-state index < -0.39 is 15.8 Å². The molecule has 6 heteroatoms. The SMILES string of the molecule is CCC1(CNS(=O)(=O)c2cc(N)cc(C)c2F)CC1. The van der Waals surface area contributed by atoms with Crippen molar-refractivity contribution in [2.24, 2.45) is 5.41 Å². The van der Waals surface area contributed by atoms with Crippen molar-refractivity contribution in [1.29, 1.82) is 0 Å². The Morgan fingerprint density at radius 2 is 2.05 bits per heavy atom. The van der Waals surface area contributed by atoms with E-state index in [4.69, 9.17) is 5.73 Å². The van der Waals surface area contributed by atoms with Crippen LogP contribution in [0.1, 0.15) is 31.7 Å². The van der Waals surface area contributed by atoms with Crippen LogP contribution in [0.25, 0.3) is 0 Å². The van der Waals surface area contributed by atoms with Crippen LogP contribution in [0.2, 0.25) is 0 Å². The molecule has 4 nitrogen and oxygen atoms in total. The van der Waals surface area contributed by atoms with Crippen molar-refractivity contribution in [3.8, 4) is 0 Å². The van der Waals surface area contributed by atoms with Crippen molar-refractivity contribution >= 4 is 15.7 Å². The van der Waals surface area contributed by atoms with Gasteiger partial charge >= 0.3 is 0 Å². The number of halogens is 1. The molecule has 0 amide bonds. The van der Waals surface area contributed by atoms with E-state index in [2.05, 4.69) is 4.72 Å². The van der Waals surface area contributed by atoms with Gasteiger partial charge in [-0.05, 0) is 49.3 Å². The molecular weight excluding hydrogens is 267 g/mol. The molecule has 0 saturated heterocycles. The van der Waals surface area contributed by atoms with Gasteiger partial charge in [-0.1, -0.05) is 6.92 Å². The zero-order chi connectivity index (χ0) is 14.3. The number of nitrogens with two attached hydrogens (primary N) is 1. The van der Waals surface area contributed by atoms with Gasteiger partial charge in [0, 0.05) is 12.2 Å². The Hall–Kier alpha value is -1.14. The third-order valence-corrected chi connectivity index (χ3v) is 5.28. The summed E-state index contributed by atoms with van der Waals surface area (Å²) in [6.45, 7) is 3.89. The number of nitrogen functional groups attached to an aromatic ring is 1. The zero-order valence-electron chi connectivity index (χ0n) is 11.2. The number of sulfonamides is 1. The summed E-state index contributed by atoms with van der Waals surface area (Å²) in [4.78, 5) is -0.364. The molecule has 106 valence electrons. The number of rotatable bonds is 5. The summed E-state index contributed by atoms with van der Waals surface area (Å²) in [6, 6.07) is 2.58. The van der Waals surface area contributed by atoms with E-state index in [0.29, 0.717) is 6.54 Å². The van der Waals surface area contributed by atoms with Crippen molar-refractivity contribution in [3.05, 3.63) is 23.5 Å². The maximum atomic E-state index is 13.9. The fourth-order valence-corrected chi connectivity index (χ4v) is 3.46. The van der Waals surface area contributed by atoms with Gasteiger partial charge in [-0.3, -0.25) is 0 Å². The molecule has 1 aliphatic rings. The molecule has 0 aliphatic heterocycles. The van der Waals surface area contributed by atoms with Gasteiger partial charge in [0.25, 0.3) is 0 Å². The molecule has 1 aromatic rings.